The van der Waals surface area contributed by atoms with E-state index in [-0.39, 0.29) is 0 Å². The van der Waals surface area contributed by atoms with Crippen LogP contribution < -0.4 is 9.80 Å². The first-order chi connectivity index (χ1) is 27.5. The van der Waals surface area contributed by atoms with Gasteiger partial charge in [-0.05, 0) is 176 Å². The van der Waals surface area contributed by atoms with Gasteiger partial charge in [-0.3, -0.25) is 0 Å². The average molecular weight is 725 g/mol. The van der Waals surface area contributed by atoms with Gasteiger partial charge < -0.3 is 9.80 Å². The van der Waals surface area contributed by atoms with Crippen LogP contribution in [-0.4, -0.2) is 0 Å². The maximum Gasteiger partial charge on any atom is 0.0468 e. The number of nitrogens with zero attached hydrogens (tertiary/aromatic N) is 2. The summed E-state index contributed by atoms with van der Waals surface area (Å²) in [5.74, 6) is 0. The highest BCUT2D eigenvalue weighted by molar-refractivity contribution is 6.02. The normalized spacial score (nSPS) is 11.5. The Morgan fingerprint density at radius 1 is 0.250 bits per heavy atom. The van der Waals surface area contributed by atoms with E-state index in [1.807, 2.05) is 0 Å². The van der Waals surface area contributed by atoms with Gasteiger partial charge in [0.15, 0.2) is 0 Å². The van der Waals surface area contributed by atoms with Crippen molar-refractivity contribution in [3.05, 3.63) is 192 Å². The van der Waals surface area contributed by atoms with E-state index in [1.54, 1.807) is 0 Å². The summed E-state index contributed by atoms with van der Waals surface area (Å²) in [5.41, 5.74) is 12.6. The molecular weight excluding hydrogens is 677 g/mol. The summed E-state index contributed by atoms with van der Waals surface area (Å²) in [7, 11) is 0. The van der Waals surface area contributed by atoms with Crippen molar-refractivity contribution in [1.29, 1.82) is 0 Å². The van der Waals surface area contributed by atoms with Gasteiger partial charge in [-0.1, -0.05) is 113 Å². The molecule has 0 amide bonds. The Kier molecular flexibility index (Phi) is 9.49. The van der Waals surface area contributed by atoms with Crippen LogP contribution in [0.2, 0.25) is 0 Å². The van der Waals surface area contributed by atoms with Crippen molar-refractivity contribution in [2.45, 2.75) is 53.4 Å². The molecule has 0 aliphatic heterocycles. The molecule has 0 aromatic heterocycles. The van der Waals surface area contributed by atoms with Crippen molar-refractivity contribution in [2.75, 3.05) is 9.80 Å². The van der Waals surface area contributed by atoms with E-state index in [0.29, 0.717) is 0 Å². The molecule has 0 N–H and O–H groups in total. The summed E-state index contributed by atoms with van der Waals surface area (Å²) in [5, 5.41) is 9.88. The molecule has 0 bridgehead atoms. The molecule has 0 radical (unpaired) electrons. The van der Waals surface area contributed by atoms with Gasteiger partial charge in [-0.2, -0.15) is 0 Å². The lowest BCUT2D eigenvalue weighted by atomic mass is 9.99. The summed E-state index contributed by atoms with van der Waals surface area (Å²) in [6.07, 6.45) is 4.09. The van der Waals surface area contributed by atoms with Crippen molar-refractivity contribution in [3.8, 4) is 0 Å². The van der Waals surface area contributed by atoms with Gasteiger partial charge >= 0.3 is 0 Å². The summed E-state index contributed by atoms with van der Waals surface area (Å²) >= 11 is 0. The number of fused-ring (bicyclic) bond motifs is 4. The Labute approximate surface area is 331 Å². The van der Waals surface area contributed by atoms with Crippen LogP contribution in [0.4, 0.5) is 34.1 Å². The van der Waals surface area contributed by atoms with Crippen LogP contribution in [0.1, 0.15) is 49.9 Å². The second-order valence-corrected chi connectivity index (χ2v) is 15.0. The first-order valence-electron chi connectivity index (χ1n) is 20.3. The van der Waals surface area contributed by atoms with E-state index in [4.69, 9.17) is 0 Å². The highest BCUT2D eigenvalue weighted by atomic mass is 15.1. The molecule has 56 heavy (non-hydrogen) atoms. The SMILES string of the molecule is CCc1ccc(N(c2ccc3ccccc3c2)c2ccc3cc4cc(N(c5ccc(CC)c(CC)c5)c5ccc6ccccc6c5)ccc4cc3c2)cc1CC. The van der Waals surface area contributed by atoms with Gasteiger partial charge in [-0.15, -0.1) is 0 Å². The van der Waals surface area contributed by atoms with Gasteiger partial charge in [0.1, 0.15) is 0 Å². The van der Waals surface area contributed by atoms with Crippen LogP contribution in [-0.2, 0) is 25.7 Å². The smallest absolute Gasteiger partial charge is 0.0468 e. The van der Waals surface area contributed by atoms with Crippen molar-refractivity contribution in [2.24, 2.45) is 0 Å². The molecule has 0 saturated carbocycles. The molecule has 2 nitrogen and oxygen atoms in total. The first-order valence-corrected chi connectivity index (χ1v) is 20.3. The predicted molar refractivity (Wildman–Crippen MR) is 243 cm³/mol. The standard InChI is InChI=1S/C54H48N2/c1-5-37-17-23-49(31-39(37)7-3)55(51-25-19-41-13-9-11-15-43(41)33-51)53-27-21-45-30-48-36-54(28-22-46(48)29-47(45)35-53)56(50-24-18-38(6-2)40(8-4)32-50)52-26-20-42-14-10-12-16-44(42)34-52/h9-36H,5-8H2,1-4H3. The highest BCUT2D eigenvalue weighted by Gasteiger charge is 2.18. The van der Waals surface area contributed by atoms with E-state index >= 15 is 0 Å². The molecule has 0 aliphatic carbocycles. The third kappa shape index (κ3) is 6.56. The summed E-state index contributed by atoms with van der Waals surface area (Å²) in [6, 6.07) is 63.5. The van der Waals surface area contributed by atoms with E-state index in [9.17, 15) is 0 Å². The van der Waals surface area contributed by atoms with Crippen LogP contribution in [0.25, 0.3) is 43.1 Å². The van der Waals surface area contributed by atoms with Crippen molar-refractivity contribution in [3.63, 3.8) is 0 Å². The predicted octanol–water partition coefficient (Wildman–Crippen LogP) is 15.5. The van der Waals surface area contributed by atoms with Crippen LogP contribution in [0.3, 0.4) is 0 Å². The summed E-state index contributed by atoms with van der Waals surface area (Å²) < 4.78 is 0. The number of rotatable bonds is 10. The van der Waals surface area contributed by atoms with Crippen molar-refractivity contribution >= 4 is 77.2 Å². The molecule has 0 saturated heterocycles. The first kappa shape index (κ1) is 35.3. The Morgan fingerprint density at radius 2 is 0.536 bits per heavy atom. The van der Waals surface area contributed by atoms with Crippen molar-refractivity contribution < 1.29 is 0 Å². The molecule has 9 aromatic carbocycles. The molecule has 9 rings (SSSR count). The average Bonchev–Trinajstić information content (AvgIpc) is 3.25. The van der Waals surface area contributed by atoms with Crippen molar-refractivity contribution in [1.82, 2.24) is 0 Å². The molecule has 9 aromatic rings. The summed E-state index contributed by atoms with van der Waals surface area (Å²) in [6.45, 7) is 9.02. The largest absolute Gasteiger partial charge is 0.310 e. The number of hydrogen-bond acceptors (Lipinski definition) is 2. The minimum Gasteiger partial charge on any atom is -0.310 e. The van der Waals surface area contributed by atoms with E-state index < -0.39 is 0 Å². The number of aryl methyl sites for hydroxylation is 4. The molecule has 0 unspecified atom stereocenters. The lowest BCUT2D eigenvalue weighted by Gasteiger charge is -2.28. The van der Waals surface area contributed by atoms with Crippen LogP contribution in [0.5, 0.6) is 0 Å². The zero-order chi connectivity index (χ0) is 38.2. The fourth-order valence-electron chi connectivity index (χ4n) is 8.63. The maximum atomic E-state index is 2.42. The topological polar surface area (TPSA) is 6.48 Å². The van der Waals surface area contributed by atoms with Gasteiger partial charge in [0.25, 0.3) is 0 Å². The Bertz CT molecular complexity index is 2690. The molecule has 0 heterocycles. The number of hydrogen-bond donors (Lipinski definition) is 0. The number of anilines is 6. The monoisotopic (exact) mass is 724 g/mol. The fraction of sp³-hybridized carbons (Fsp3) is 0.148. The molecule has 0 aliphatic rings. The van der Waals surface area contributed by atoms with E-state index in [2.05, 4.69) is 207 Å². The minimum atomic E-state index is 1.01. The van der Waals surface area contributed by atoms with E-state index in [0.717, 1.165) is 48.4 Å². The van der Waals surface area contributed by atoms with Gasteiger partial charge in [-0.25, -0.2) is 0 Å². The zero-order valence-electron chi connectivity index (χ0n) is 32.9. The quantitative estimate of drug-likeness (QED) is 0.130. The minimum absolute atomic E-state index is 1.01. The van der Waals surface area contributed by atoms with Crippen LogP contribution >= 0.6 is 0 Å². The molecule has 274 valence electrons. The lowest BCUT2D eigenvalue weighted by Crippen LogP contribution is -2.11. The molecule has 2 heteroatoms. The Hall–Kier alpha value is -6.38. The van der Waals surface area contributed by atoms with Gasteiger partial charge in [0, 0.05) is 34.1 Å². The zero-order valence-corrected chi connectivity index (χ0v) is 32.9. The molecule has 0 fully saturated rings. The lowest BCUT2D eigenvalue weighted by molar-refractivity contribution is 1.03. The van der Waals surface area contributed by atoms with Crippen LogP contribution in [0, 0.1) is 0 Å². The molecule has 0 spiro atoms. The Morgan fingerprint density at radius 3 is 0.911 bits per heavy atom. The Balaban J connectivity index is 1.16. The maximum absolute atomic E-state index is 2.42. The fourth-order valence-corrected chi connectivity index (χ4v) is 8.63. The molecule has 0 atom stereocenters. The second kappa shape index (κ2) is 15.0. The third-order valence-corrected chi connectivity index (χ3v) is 11.7. The number of benzene rings is 9. The van der Waals surface area contributed by atoms with Crippen LogP contribution in [0.15, 0.2) is 170 Å². The highest BCUT2D eigenvalue weighted by Crippen LogP contribution is 2.41. The second-order valence-electron chi connectivity index (χ2n) is 15.0. The summed E-state index contributed by atoms with van der Waals surface area (Å²) in [4.78, 5) is 4.85. The van der Waals surface area contributed by atoms with Gasteiger partial charge in [0.05, 0.1) is 0 Å². The molecular formula is C54H48N2. The van der Waals surface area contributed by atoms with E-state index in [1.165, 1.54) is 76.7 Å². The van der Waals surface area contributed by atoms with Gasteiger partial charge in [0.2, 0.25) is 0 Å². The third-order valence-electron chi connectivity index (χ3n) is 11.7.